The van der Waals surface area contributed by atoms with Crippen LogP contribution in [0.1, 0.15) is 24.8 Å². The van der Waals surface area contributed by atoms with Crippen molar-refractivity contribution in [2.24, 2.45) is 17.8 Å². The summed E-state index contributed by atoms with van der Waals surface area (Å²) in [6.45, 7) is 0.766. The number of ether oxygens (including phenoxy) is 2. The Balaban J connectivity index is 1.74. The van der Waals surface area contributed by atoms with Gasteiger partial charge in [0.25, 0.3) is 0 Å². The molecule has 3 rings (SSSR count). The fourth-order valence-electron chi connectivity index (χ4n) is 5.33. The van der Waals surface area contributed by atoms with E-state index in [4.69, 9.17) is 19.7 Å². The number of amides is 4. The van der Waals surface area contributed by atoms with Gasteiger partial charge < -0.3 is 41.0 Å². The SMILES string of the molecule is O=C(NCCOCCO)C1CC(C(=O)N[C@@H](Cc2ccccc2)C(=O)Nc2ccc(N(O)O)cc2)C[C@H](C(=O)NCCOCCO)C1. The predicted octanol–water partition coefficient (Wildman–Crippen LogP) is 0.220. The van der Waals surface area contributed by atoms with Gasteiger partial charge in [-0.15, -0.1) is 5.23 Å². The average molecular weight is 660 g/mol. The van der Waals surface area contributed by atoms with Gasteiger partial charge in [-0.2, -0.15) is 0 Å². The summed E-state index contributed by atoms with van der Waals surface area (Å²) >= 11 is 0. The molecule has 258 valence electrons. The van der Waals surface area contributed by atoms with Crippen molar-refractivity contribution in [3.8, 4) is 0 Å². The molecule has 15 nitrogen and oxygen atoms in total. The minimum absolute atomic E-state index is 0.0501. The normalized spacial score (nSPS) is 18.1. The van der Waals surface area contributed by atoms with E-state index in [2.05, 4.69) is 21.3 Å². The van der Waals surface area contributed by atoms with Gasteiger partial charge in [-0.25, -0.2) is 0 Å². The van der Waals surface area contributed by atoms with Gasteiger partial charge in [0, 0.05) is 43.0 Å². The van der Waals surface area contributed by atoms with Gasteiger partial charge in [-0.05, 0) is 49.1 Å². The third-order valence-electron chi connectivity index (χ3n) is 7.66. The molecule has 1 aliphatic carbocycles. The minimum atomic E-state index is -1.01. The maximum Gasteiger partial charge on any atom is 0.247 e. The number of hydrogen-bond donors (Lipinski definition) is 8. The number of nitrogens with one attached hydrogen (secondary N) is 4. The van der Waals surface area contributed by atoms with Gasteiger partial charge in [0.05, 0.1) is 45.3 Å². The Bertz CT molecular complexity index is 1230. The molecule has 1 fully saturated rings. The number of aliphatic hydroxyl groups is 2. The molecule has 0 aromatic heterocycles. The molecule has 15 heteroatoms. The van der Waals surface area contributed by atoms with Crippen LogP contribution in [0.15, 0.2) is 54.6 Å². The smallest absolute Gasteiger partial charge is 0.247 e. The molecular formula is C32H45N5O10. The van der Waals surface area contributed by atoms with Crippen molar-refractivity contribution in [1.29, 1.82) is 0 Å². The fourth-order valence-corrected chi connectivity index (χ4v) is 5.33. The summed E-state index contributed by atoms with van der Waals surface area (Å²) in [4.78, 5) is 53.5. The number of rotatable bonds is 19. The van der Waals surface area contributed by atoms with E-state index in [0.717, 1.165) is 5.56 Å². The lowest BCUT2D eigenvalue weighted by molar-refractivity contribution is -0.136. The highest BCUT2D eigenvalue weighted by atomic mass is 16.8. The van der Waals surface area contributed by atoms with Crippen LogP contribution in [0.3, 0.4) is 0 Å². The average Bonchev–Trinajstić information content (AvgIpc) is 3.08. The lowest BCUT2D eigenvalue weighted by atomic mass is 9.74. The zero-order valence-corrected chi connectivity index (χ0v) is 26.2. The van der Waals surface area contributed by atoms with Crippen molar-refractivity contribution in [2.75, 3.05) is 63.3 Å². The standard InChI is InChI=1S/C32H45N5O10/c38-12-16-46-14-10-33-29(40)23-19-24(30(41)34-11-15-47-17-13-39)21-25(20-23)31(42)36-28(18-22-4-2-1-3-5-22)32(43)35-26-6-8-27(9-7-26)37(44)45/h1-9,23-25,28,38-39,44-45H,10-21H2,(H,33,40)(H,34,41)(H,35,43)(H,36,42)/t23-,24?,25?,28+/m1/s1. The van der Waals surface area contributed by atoms with Gasteiger partial charge in [-0.1, -0.05) is 30.3 Å². The summed E-state index contributed by atoms with van der Waals surface area (Å²) in [5.41, 5.74) is 1.25. The maximum absolute atomic E-state index is 13.8. The van der Waals surface area contributed by atoms with E-state index in [9.17, 15) is 29.6 Å². The molecular weight excluding hydrogens is 614 g/mol. The molecule has 0 bridgehead atoms. The molecule has 0 radical (unpaired) electrons. The van der Waals surface area contributed by atoms with Crippen molar-refractivity contribution < 1.29 is 49.3 Å². The monoisotopic (exact) mass is 659 g/mol. The number of nitrogens with zero attached hydrogens (tertiary/aromatic N) is 1. The van der Waals surface area contributed by atoms with Crippen LogP contribution in [-0.4, -0.2) is 103 Å². The molecule has 0 spiro atoms. The van der Waals surface area contributed by atoms with E-state index in [1.807, 2.05) is 30.3 Å². The van der Waals surface area contributed by atoms with Crippen molar-refractivity contribution >= 4 is 35.0 Å². The van der Waals surface area contributed by atoms with Crippen LogP contribution in [0.5, 0.6) is 0 Å². The van der Waals surface area contributed by atoms with Gasteiger partial charge in [-0.3, -0.25) is 29.6 Å². The molecule has 2 aromatic carbocycles. The molecule has 2 aromatic rings. The highest BCUT2D eigenvalue weighted by molar-refractivity contribution is 5.98. The van der Waals surface area contributed by atoms with E-state index in [-0.39, 0.29) is 101 Å². The summed E-state index contributed by atoms with van der Waals surface area (Å²) in [5.74, 6) is -3.70. The molecule has 1 saturated carbocycles. The molecule has 0 aliphatic heterocycles. The summed E-state index contributed by atoms with van der Waals surface area (Å²) in [7, 11) is 0. The first-order valence-electron chi connectivity index (χ1n) is 15.6. The number of aliphatic hydroxyl groups excluding tert-OH is 2. The van der Waals surface area contributed by atoms with E-state index < -0.39 is 35.6 Å². The van der Waals surface area contributed by atoms with Crippen molar-refractivity contribution in [3.63, 3.8) is 0 Å². The van der Waals surface area contributed by atoms with Crippen LogP contribution >= 0.6 is 0 Å². The molecule has 4 atom stereocenters. The van der Waals surface area contributed by atoms with E-state index in [1.165, 1.54) is 24.3 Å². The highest BCUT2D eigenvalue weighted by Gasteiger charge is 2.39. The summed E-state index contributed by atoms with van der Waals surface area (Å²) < 4.78 is 10.4. The number of benzene rings is 2. The number of hydrogen-bond acceptors (Lipinski definition) is 11. The first-order chi connectivity index (χ1) is 22.7. The Kier molecular flexibility index (Phi) is 16.0. The Morgan fingerprint density at radius 2 is 1.23 bits per heavy atom. The summed E-state index contributed by atoms with van der Waals surface area (Å²) in [6, 6.07) is 13.8. The molecule has 8 N–H and O–H groups in total. The van der Waals surface area contributed by atoms with Crippen molar-refractivity contribution in [2.45, 2.75) is 31.7 Å². The first-order valence-corrected chi connectivity index (χ1v) is 15.6. The van der Waals surface area contributed by atoms with Gasteiger partial charge in [0.1, 0.15) is 6.04 Å². The minimum Gasteiger partial charge on any atom is -0.394 e. The largest absolute Gasteiger partial charge is 0.394 e. The van der Waals surface area contributed by atoms with Crippen LogP contribution in [-0.2, 0) is 35.1 Å². The van der Waals surface area contributed by atoms with Crippen LogP contribution in [0, 0.1) is 17.8 Å². The quantitative estimate of drug-likeness (QED) is 0.0753. The zero-order valence-electron chi connectivity index (χ0n) is 26.2. The molecule has 4 amide bonds. The van der Waals surface area contributed by atoms with E-state index in [1.54, 1.807) is 0 Å². The second-order valence-corrected chi connectivity index (χ2v) is 11.1. The van der Waals surface area contributed by atoms with E-state index >= 15 is 0 Å². The third kappa shape index (κ3) is 12.9. The lowest BCUT2D eigenvalue weighted by Gasteiger charge is -2.33. The maximum atomic E-state index is 13.8. The van der Waals surface area contributed by atoms with Crippen LogP contribution in [0.4, 0.5) is 11.4 Å². The topological polar surface area (TPSA) is 219 Å². The Morgan fingerprint density at radius 3 is 1.72 bits per heavy atom. The molecule has 2 unspecified atom stereocenters. The second kappa shape index (κ2) is 20.2. The number of carbonyl (C=O) groups excluding carboxylic acids is 4. The summed E-state index contributed by atoms with van der Waals surface area (Å²) in [5, 5.41) is 47.2. The second-order valence-electron chi connectivity index (χ2n) is 11.1. The molecule has 0 saturated heterocycles. The van der Waals surface area contributed by atoms with E-state index in [0.29, 0.717) is 5.69 Å². The van der Waals surface area contributed by atoms with Gasteiger partial charge in [0.2, 0.25) is 23.6 Å². The van der Waals surface area contributed by atoms with Crippen LogP contribution in [0.25, 0.3) is 0 Å². The molecule has 0 heterocycles. The lowest BCUT2D eigenvalue weighted by Crippen LogP contribution is -2.50. The molecule has 47 heavy (non-hydrogen) atoms. The Morgan fingerprint density at radius 1 is 0.723 bits per heavy atom. The van der Waals surface area contributed by atoms with Crippen LogP contribution in [0.2, 0.25) is 0 Å². The highest BCUT2D eigenvalue weighted by Crippen LogP contribution is 2.34. The molecule has 1 aliphatic rings. The van der Waals surface area contributed by atoms with Crippen molar-refractivity contribution in [3.05, 3.63) is 60.2 Å². The van der Waals surface area contributed by atoms with Crippen LogP contribution < -0.4 is 26.5 Å². The first kappa shape index (κ1) is 37.3. The summed E-state index contributed by atoms with van der Waals surface area (Å²) in [6.07, 6.45) is 0.719. The fraction of sp³-hybridized carbons (Fsp3) is 0.500. The third-order valence-corrected chi connectivity index (χ3v) is 7.66. The van der Waals surface area contributed by atoms with Gasteiger partial charge in [0.15, 0.2) is 0 Å². The Hall–Kier alpha value is -4.12. The van der Waals surface area contributed by atoms with Crippen molar-refractivity contribution in [1.82, 2.24) is 16.0 Å². The number of carbonyl (C=O) groups is 4. The number of anilines is 2. The predicted molar refractivity (Wildman–Crippen MR) is 169 cm³/mol. The zero-order chi connectivity index (χ0) is 34.0. The Labute approximate surface area is 273 Å². The van der Waals surface area contributed by atoms with Gasteiger partial charge >= 0.3 is 0 Å².